The van der Waals surface area contributed by atoms with E-state index in [1.54, 1.807) is 17.4 Å². The zero-order valence-electron chi connectivity index (χ0n) is 15.4. The fraction of sp³-hybridized carbons (Fsp3) is 0.381. The smallest absolute Gasteiger partial charge is 0.242 e. The highest BCUT2D eigenvalue weighted by molar-refractivity contribution is 7.13. The Kier molecular flexibility index (Phi) is 4.45. The molecule has 1 amide bonds. The zero-order chi connectivity index (χ0) is 19.1. The van der Waals surface area contributed by atoms with Crippen molar-refractivity contribution in [2.75, 3.05) is 26.3 Å². The number of fused-ring (bicyclic) bond motifs is 1. The normalized spacial score (nSPS) is 19.0. The van der Waals surface area contributed by atoms with Crippen molar-refractivity contribution in [1.29, 1.82) is 0 Å². The molecule has 28 heavy (non-hydrogen) atoms. The average Bonchev–Trinajstić information content (AvgIpc) is 3.43. The Morgan fingerprint density at radius 1 is 1.14 bits per heavy atom. The standard InChI is InChI=1S/C21H21FN2O3S/c22-16-3-4-17-15(12-16)13-18(19-2-1-11-28-19)24(17)14-20(25)23-7-5-21(6-8-23)26-9-10-27-21/h1-4,11-13H,5-10,14H2. The fourth-order valence-electron chi connectivity index (χ4n) is 4.16. The zero-order valence-corrected chi connectivity index (χ0v) is 16.2. The van der Waals surface area contributed by atoms with Gasteiger partial charge in [-0.3, -0.25) is 4.79 Å². The topological polar surface area (TPSA) is 43.7 Å². The van der Waals surface area contributed by atoms with E-state index in [4.69, 9.17) is 9.47 Å². The van der Waals surface area contributed by atoms with E-state index in [2.05, 4.69) is 0 Å². The van der Waals surface area contributed by atoms with Gasteiger partial charge < -0.3 is 18.9 Å². The quantitative estimate of drug-likeness (QED) is 0.670. The number of likely N-dealkylation sites (tertiary alicyclic amines) is 1. The molecule has 0 aliphatic carbocycles. The molecule has 2 aliphatic rings. The Balaban J connectivity index is 1.41. The molecule has 1 aromatic carbocycles. The Morgan fingerprint density at radius 2 is 1.93 bits per heavy atom. The van der Waals surface area contributed by atoms with Gasteiger partial charge in [-0.15, -0.1) is 11.3 Å². The second kappa shape index (κ2) is 6.99. The lowest BCUT2D eigenvalue weighted by Gasteiger charge is -2.37. The van der Waals surface area contributed by atoms with E-state index < -0.39 is 5.79 Å². The number of thiophene rings is 1. The molecule has 2 saturated heterocycles. The van der Waals surface area contributed by atoms with Crippen LogP contribution < -0.4 is 0 Å². The number of hydrogen-bond acceptors (Lipinski definition) is 4. The van der Waals surface area contributed by atoms with E-state index in [9.17, 15) is 9.18 Å². The molecule has 7 heteroatoms. The molecule has 5 nitrogen and oxygen atoms in total. The van der Waals surface area contributed by atoms with E-state index in [0.29, 0.717) is 39.1 Å². The minimum atomic E-state index is -0.490. The summed E-state index contributed by atoms with van der Waals surface area (Å²) in [6.45, 7) is 2.74. The number of carbonyl (C=O) groups excluding carboxylic acids is 1. The first-order chi connectivity index (χ1) is 13.6. The third kappa shape index (κ3) is 3.13. The summed E-state index contributed by atoms with van der Waals surface area (Å²) in [6.07, 6.45) is 1.41. The molecular formula is C21H21FN2O3S. The fourth-order valence-corrected chi connectivity index (χ4v) is 4.91. The van der Waals surface area contributed by atoms with Crippen molar-refractivity contribution in [1.82, 2.24) is 9.47 Å². The molecule has 2 fully saturated rings. The SMILES string of the molecule is O=C(Cn1c(-c2cccs2)cc2cc(F)ccc21)N1CCC2(CC1)OCCO2. The molecule has 4 heterocycles. The molecule has 0 unspecified atom stereocenters. The lowest BCUT2D eigenvalue weighted by Crippen LogP contribution is -2.48. The molecule has 2 aliphatic heterocycles. The number of halogens is 1. The Hall–Kier alpha value is -2.22. The monoisotopic (exact) mass is 400 g/mol. The largest absolute Gasteiger partial charge is 0.347 e. The van der Waals surface area contributed by atoms with Gasteiger partial charge in [0.2, 0.25) is 5.91 Å². The van der Waals surface area contributed by atoms with Gasteiger partial charge in [-0.25, -0.2) is 4.39 Å². The van der Waals surface area contributed by atoms with Gasteiger partial charge in [-0.2, -0.15) is 0 Å². The molecule has 3 aromatic rings. The van der Waals surface area contributed by atoms with Crippen LogP contribution in [0.3, 0.4) is 0 Å². The van der Waals surface area contributed by atoms with Crippen molar-refractivity contribution in [3.63, 3.8) is 0 Å². The second-order valence-corrected chi connectivity index (χ2v) is 8.23. The number of hydrogen-bond donors (Lipinski definition) is 0. The van der Waals surface area contributed by atoms with Crippen molar-refractivity contribution >= 4 is 28.1 Å². The third-order valence-electron chi connectivity index (χ3n) is 5.62. The van der Waals surface area contributed by atoms with E-state index in [1.165, 1.54) is 12.1 Å². The predicted octanol–water partition coefficient (Wildman–Crippen LogP) is 3.87. The van der Waals surface area contributed by atoms with Gasteiger partial charge in [0.1, 0.15) is 12.4 Å². The number of nitrogens with zero attached hydrogens (tertiary/aromatic N) is 2. The number of aromatic nitrogens is 1. The van der Waals surface area contributed by atoms with E-state index in [0.717, 1.165) is 21.5 Å². The van der Waals surface area contributed by atoms with Crippen LogP contribution in [-0.4, -0.2) is 47.5 Å². The Bertz CT molecular complexity index is 998. The average molecular weight is 400 g/mol. The lowest BCUT2D eigenvalue weighted by molar-refractivity contribution is -0.187. The van der Waals surface area contributed by atoms with Gasteiger partial charge in [0.25, 0.3) is 0 Å². The number of benzene rings is 1. The maximum atomic E-state index is 13.7. The molecule has 2 aromatic heterocycles. The summed E-state index contributed by atoms with van der Waals surface area (Å²) < 4.78 is 27.2. The maximum absolute atomic E-state index is 13.7. The van der Waals surface area contributed by atoms with Crippen LogP contribution in [0.5, 0.6) is 0 Å². The molecule has 146 valence electrons. The maximum Gasteiger partial charge on any atom is 0.242 e. The van der Waals surface area contributed by atoms with Crippen LogP contribution in [-0.2, 0) is 20.8 Å². The first-order valence-electron chi connectivity index (χ1n) is 9.52. The summed E-state index contributed by atoms with van der Waals surface area (Å²) in [5, 5.41) is 2.81. The first kappa shape index (κ1) is 17.8. The summed E-state index contributed by atoms with van der Waals surface area (Å²) in [7, 11) is 0. The van der Waals surface area contributed by atoms with Crippen LogP contribution in [0.4, 0.5) is 4.39 Å². The number of amides is 1. The van der Waals surface area contributed by atoms with Crippen LogP contribution in [0.2, 0.25) is 0 Å². The van der Waals surface area contributed by atoms with Gasteiger partial charge >= 0.3 is 0 Å². The molecule has 0 saturated carbocycles. The second-order valence-electron chi connectivity index (χ2n) is 7.28. The first-order valence-corrected chi connectivity index (χ1v) is 10.4. The van der Waals surface area contributed by atoms with Gasteiger partial charge in [-0.1, -0.05) is 6.07 Å². The number of piperidine rings is 1. The highest BCUT2D eigenvalue weighted by atomic mass is 32.1. The summed E-state index contributed by atoms with van der Waals surface area (Å²) in [6, 6.07) is 10.7. The third-order valence-corrected chi connectivity index (χ3v) is 6.51. The molecular weight excluding hydrogens is 379 g/mol. The highest BCUT2D eigenvalue weighted by Gasteiger charge is 2.40. The van der Waals surface area contributed by atoms with Crippen molar-refractivity contribution in [2.45, 2.75) is 25.2 Å². The van der Waals surface area contributed by atoms with Gasteiger partial charge in [0.15, 0.2) is 5.79 Å². The Labute approximate surface area is 166 Å². The molecule has 5 rings (SSSR count). The van der Waals surface area contributed by atoms with Crippen LogP contribution in [0, 0.1) is 5.82 Å². The van der Waals surface area contributed by atoms with Gasteiger partial charge in [0, 0.05) is 36.8 Å². The summed E-state index contributed by atoms with van der Waals surface area (Å²) >= 11 is 1.61. The van der Waals surface area contributed by atoms with Crippen molar-refractivity contribution < 1.29 is 18.7 Å². The highest BCUT2D eigenvalue weighted by Crippen LogP contribution is 2.33. The summed E-state index contributed by atoms with van der Waals surface area (Å²) in [5.74, 6) is -0.699. The van der Waals surface area contributed by atoms with Gasteiger partial charge in [0.05, 0.1) is 23.8 Å². The minimum absolute atomic E-state index is 0.0625. The van der Waals surface area contributed by atoms with Crippen molar-refractivity contribution in [3.8, 4) is 10.6 Å². The van der Waals surface area contributed by atoms with Crippen LogP contribution >= 0.6 is 11.3 Å². The number of carbonyl (C=O) groups is 1. The van der Waals surface area contributed by atoms with Crippen LogP contribution in [0.25, 0.3) is 21.5 Å². The molecule has 0 N–H and O–H groups in total. The molecule has 0 radical (unpaired) electrons. The van der Waals surface area contributed by atoms with Crippen LogP contribution in [0.1, 0.15) is 12.8 Å². The van der Waals surface area contributed by atoms with Gasteiger partial charge in [-0.05, 0) is 35.7 Å². The minimum Gasteiger partial charge on any atom is -0.347 e. The van der Waals surface area contributed by atoms with E-state index >= 15 is 0 Å². The Morgan fingerprint density at radius 3 is 2.64 bits per heavy atom. The van der Waals surface area contributed by atoms with Crippen molar-refractivity contribution in [3.05, 3.63) is 47.6 Å². The lowest BCUT2D eigenvalue weighted by atomic mass is 10.0. The van der Waals surface area contributed by atoms with E-state index in [-0.39, 0.29) is 18.3 Å². The molecule has 1 spiro atoms. The van der Waals surface area contributed by atoms with E-state index in [1.807, 2.05) is 33.0 Å². The summed E-state index contributed by atoms with van der Waals surface area (Å²) in [4.78, 5) is 16.0. The predicted molar refractivity (Wildman–Crippen MR) is 106 cm³/mol. The van der Waals surface area contributed by atoms with Crippen molar-refractivity contribution in [2.24, 2.45) is 0 Å². The molecule has 0 bridgehead atoms. The number of ether oxygens (including phenoxy) is 2. The number of rotatable bonds is 3. The van der Waals surface area contributed by atoms with Crippen LogP contribution in [0.15, 0.2) is 41.8 Å². The molecule has 0 atom stereocenters. The summed E-state index contributed by atoms with van der Waals surface area (Å²) in [5.41, 5.74) is 1.81.